The van der Waals surface area contributed by atoms with Crippen molar-refractivity contribution in [2.24, 2.45) is 5.73 Å². The molecule has 1 aliphatic heterocycles. The average Bonchev–Trinajstić information content (AvgIpc) is 2.87. The third kappa shape index (κ3) is 1.93. The lowest BCUT2D eigenvalue weighted by molar-refractivity contribution is 0.0992. The number of nitrogens with two attached hydrogens (primary N) is 1. The molecule has 2 heterocycles. The predicted molar refractivity (Wildman–Crippen MR) is 72.9 cm³/mol. The molecule has 0 spiro atoms. The van der Waals surface area contributed by atoms with E-state index in [1.54, 1.807) is 0 Å². The highest BCUT2D eigenvalue weighted by molar-refractivity contribution is 5.93. The molecule has 1 aromatic rings. The van der Waals surface area contributed by atoms with E-state index in [1.165, 1.54) is 23.8 Å². The van der Waals surface area contributed by atoms with Crippen molar-refractivity contribution in [3.8, 4) is 5.75 Å². The molecule has 1 amide bonds. The molecular formula is C13H18N4O3. The molecule has 7 nitrogen and oxygen atoms in total. The minimum atomic E-state index is -0.876. The Morgan fingerprint density at radius 3 is 2.60 bits per heavy atom. The van der Waals surface area contributed by atoms with Crippen molar-refractivity contribution in [2.75, 3.05) is 11.4 Å². The third-order valence-corrected chi connectivity index (χ3v) is 4.20. The van der Waals surface area contributed by atoms with Gasteiger partial charge >= 0.3 is 0 Å². The number of anilines is 1. The summed E-state index contributed by atoms with van der Waals surface area (Å²) < 4.78 is 1.43. The summed E-state index contributed by atoms with van der Waals surface area (Å²) >= 11 is 0. The van der Waals surface area contributed by atoms with Gasteiger partial charge in [0.2, 0.25) is 11.7 Å². The maximum absolute atomic E-state index is 12.1. The van der Waals surface area contributed by atoms with Gasteiger partial charge in [-0.25, -0.2) is 4.98 Å². The molecule has 1 aromatic heterocycles. The SMILES string of the molecule is NC(=O)c1nc2n(c(=O)c1O)CCN2C1CCCCC1. The van der Waals surface area contributed by atoms with Crippen LogP contribution in [0, 0.1) is 0 Å². The van der Waals surface area contributed by atoms with E-state index >= 15 is 0 Å². The second-order valence-corrected chi connectivity index (χ2v) is 5.42. The van der Waals surface area contributed by atoms with Gasteiger partial charge in [0, 0.05) is 19.1 Å². The van der Waals surface area contributed by atoms with E-state index in [1.807, 2.05) is 0 Å². The molecule has 7 heteroatoms. The lowest BCUT2D eigenvalue weighted by Crippen LogP contribution is -2.36. The van der Waals surface area contributed by atoms with Gasteiger partial charge in [-0.15, -0.1) is 0 Å². The van der Waals surface area contributed by atoms with Gasteiger partial charge in [0.25, 0.3) is 11.5 Å². The molecule has 3 rings (SSSR count). The monoisotopic (exact) mass is 278 g/mol. The molecule has 2 aliphatic rings. The highest BCUT2D eigenvalue weighted by Gasteiger charge is 2.32. The first-order valence-electron chi connectivity index (χ1n) is 7.00. The molecule has 0 aromatic carbocycles. The Hall–Kier alpha value is -2.05. The number of amides is 1. The summed E-state index contributed by atoms with van der Waals surface area (Å²) in [5, 5.41) is 9.71. The molecule has 1 aliphatic carbocycles. The number of hydrogen-bond acceptors (Lipinski definition) is 5. The standard InChI is InChI=1S/C13H18N4O3/c14-11(19)9-10(18)12(20)17-7-6-16(13(17)15-9)8-4-2-1-3-5-8/h8,18H,1-7H2,(H2,14,19). The average molecular weight is 278 g/mol. The van der Waals surface area contributed by atoms with Crippen LogP contribution in [0.1, 0.15) is 42.6 Å². The van der Waals surface area contributed by atoms with Crippen molar-refractivity contribution >= 4 is 11.9 Å². The summed E-state index contributed by atoms with van der Waals surface area (Å²) in [6, 6.07) is 0.356. The first kappa shape index (κ1) is 13.0. The van der Waals surface area contributed by atoms with Gasteiger partial charge in [0.1, 0.15) is 0 Å². The van der Waals surface area contributed by atoms with Crippen LogP contribution in [-0.4, -0.2) is 33.2 Å². The minimum absolute atomic E-state index is 0.330. The highest BCUT2D eigenvalue weighted by Crippen LogP contribution is 2.29. The molecule has 20 heavy (non-hydrogen) atoms. The smallest absolute Gasteiger partial charge is 0.298 e. The van der Waals surface area contributed by atoms with E-state index in [4.69, 9.17) is 5.73 Å². The fourth-order valence-corrected chi connectivity index (χ4v) is 3.17. The van der Waals surface area contributed by atoms with Crippen LogP contribution in [0.2, 0.25) is 0 Å². The number of fused-ring (bicyclic) bond motifs is 1. The molecule has 3 N–H and O–H groups in total. The van der Waals surface area contributed by atoms with E-state index < -0.39 is 17.2 Å². The summed E-state index contributed by atoms with van der Waals surface area (Å²) in [6.45, 7) is 1.18. The van der Waals surface area contributed by atoms with Crippen molar-refractivity contribution < 1.29 is 9.90 Å². The number of aromatic nitrogens is 2. The summed E-state index contributed by atoms with van der Waals surface area (Å²) in [6.07, 6.45) is 5.73. The summed E-state index contributed by atoms with van der Waals surface area (Å²) in [4.78, 5) is 29.6. The number of carbonyl (C=O) groups is 1. The van der Waals surface area contributed by atoms with Gasteiger partial charge in [-0.2, -0.15) is 0 Å². The minimum Gasteiger partial charge on any atom is -0.501 e. The van der Waals surface area contributed by atoms with Gasteiger partial charge < -0.3 is 15.7 Å². The molecule has 1 fully saturated rings. The lowest BCUT2D eigenvalue weighted by Gasteiger charge is -2.31. The van der Waals surface area contributed by atoms with E-state index in [9.17, 15) is 14.7 Å². The van der Waals surface area contributed by atoms with Crippen LogP contribution in [0.25, 0.3) is 0 Å². The Labute approximate surface area is 116 Å². The number of nitrogens with zero attached hydrogens (tertiary/aromatic N) is 3. The zero-order valence-electron chi connectivity index (χ0n) is 11.2. The summed E-state index contributed by atoms with van der Waals surface area (Å²) in [5.74, 6) is -1.06. The highest BCUT2D eigenvalue weighted by atomic mass is 16.3. The zero-order chi connectivity index (χ0) is 14.3. The maximum Gasteiger partial charge on any atom is 0.298 e. The molecule has 0 unspecified atom stereocenters. The van der Waals surface area contributed by atoms with Crippen LogP contribution in [0.3, 0.4) is 0 Å². The van der Waals surface area contributed by atoms with Crippen LogP contribution in [0.15, 0.2) is 4.79 Å². The quantitative estimate of drug-likeness (QED) is 0.804. The van der Waals surface area contributed by atoms with Gasteiger partial charge in [0.15, 0.2) is 5.69 Å². The van der Waals surface area contributed by atoms with E-state index in [2.05, 4.69) is 9.88 Å². The number of carbonyl (C=O) groups excluding carboxylic acids is 1. The molecular weight excluding hydrogens is 260 g/mol. The van der Waals surface area contributed by atoms with Crippen molar-refractivity contribution in [3.05, 3.63) is 16.0 Å². The molecule has 0 bridgehead atoms. The van der Waals surface area contributed by atoms with Gasteiger partial charge in [-0.05, 0) is 12.8 Å². The largest absolute Gasteiger partial charge is 0.501 e. The van der Waals surface area contributed by atoms with Gasteiger partial charge in [0.05, 0.1) is 0 Å². The van der Waals surface area contributed by atoms with Crippen LogP contribution < -0.4 is 16.2 Å². The summed E-state index contributed by atoms with van der Waals surface area (Å²) in [7, 11) is 0. The fourth-order valence-electron chi connectivity index (χ4n) is 3.17. The Morgan fingerprint density at radius 2 is 1.95 bits per heavy atom. The first-order chi connectivity index (χ1) is 9.59. The lowest BCUT2D eigenvalue weighted by atomic mass is 9.94. The predicted octanol–water partition coefficient (Wildman–Crippen LogP) is 0.200. The topological polar surface area (TPSA) is 101 Å². The fraction of sp³-hybridized carbons (Fsp3) is 0.615. The van der Waals surface area contributed by atoms with Gasteiger partial charge in [-0.1, -0.05) is 19.3 Å². The Kier molecular flexibility index (Phi) is 3.11. The van der Waals surface area contributed by atoms with Crippen LogP contribution in [-0.2, 0) is 6.54 Å². The van der Waals surface area contributed by atoms with Crippen molar-refractivity contribution in [3.63, 3.8) is 0 Å². The molecule has 108 valence electrons. The number of primary amides is 1. The molecule has 1 saturated carbocycles. The normalized spacial score (nSPS) is 19.1. The van der Waals surface area contributed by atoms with Gasteiger partial charge in [-0.3, -0.25) is 14.2 Å². The molecule has 0 atom stereocenters. The number of rotatable bonds is 2. The van der Waals surface area contributed by atoms with E-state index in [0.29, 0.717) is 25.1 Å². The maximum atomic E-state index is 12.1. The number of aromatic hydroxyl groups is 1. The van der Waals surface area contributed by atoms with Crippen LogP contribution >= 0.6 is 0 Å². The van der Waals surface area contributed by atoms with E-state index in [-0.39, 0.29) is 5.69 Å². The third-order valence-electron chi connectivity index (χ3n) is 4.20. The molecule has 0 saturated heterocycles. The second-order valence-electron chi connectivity index (χ2n) is 5.42. The van der Waals surface area contributed by atoms with Crippen LogP contribution in [0.5, 0.6) is 5.75 Å². The molecule has 0 radical (unpaired) electrons. The Morgan fingerprint density at radius 1 is 1.25 bits per heavy atom. The van der Waals surface area contributed by atoms with Crippen molar-refractivity contribution in [2.45, 2.75) is 44.7 Å². The van der Waals surface area contributed by atoms with Crippen molar-refractivity contribution in [1.82, 2.24) is 9.55 Å². The second kappa shape index (κ2) is 4.81. The van der Waals surface area contributed by atoms with E-state index in [0.717, 1.165) is 12.8 Å². The number of hydrogen-bond donors (Lipinski definition) is 2. The Balaban J connectivity index is 2.04. The Bertz CT molecular complexity index is 604. The van der Waals surface area contributed by atoms with Crippen molar-refractivity contribution in [1.29, 1.82) is 0 Å². The zero-order valence-corrected chi connectivity index (χ0v) is 11.2. The van der Waals surface area contributed by atoms with Crippen LogP contribution in [0.4, 0.5) is 5.95 Å². The first-order valence-corrected chi connectivity index (χ1v) is 7.00. The summed E-state index contributed by atoms with van der Waals surface area (Å²) in [5.41, 5.74) is 4.26.